The van der Waals surface area contributed by atoms with Crippen molar-refractivity contribution in [2.75, 3.05) is 45.8 Å². The minimum Gasteiger partial charge on any atom is -0.497 e. The lowest BCUT2D eigenvalue weighted by atomic mass is 9.80. The molecule has 0 spiro atoms. The van der Waals surface area contributed by atoms with Gasteiger partial charge in [0.25, 0.3) is 15.9 Å². The molecule has 44 heavy (non-hydrogen) atoms. The number of methoxy groups -OCH3 is 2. The van der Waals surface area contributed by atoms with Crippen molar-refractivity contribution in [3.8, 4) is 17.2 Å². The number of likely N-dealkylation sites (tertiary alicyclic amines) is 1. The number of hydrogen-bond acceptors (Lipinski definition) is 8. The largest absolute Gasteiger partial charge is 0.497 e. The molecule has 2 heterocycles. The van der Waals surface area contributed by atoms with Gasteiger partial charge < -0.3 is 19.1 Å². The molecule has 0 bridgehead atoms. The third-order valence-electron chi connectivity index (χ3n) is 8.24. The van der Waals surface area contributed by atoms with Gasteiger partial charge in [0.2, 0.25) is 5.91 Å². The van der Waals surface area contributed by atoms with Gasteiger partial charge in [0.15, 0.2) is 5.54 Å². The molecule has 3 aromatic carbocycles. The number of anilines is 1. The Morgan fingerprint density at radius 1 is 1.02 bits per heavy atom. The summed E-state index contributed by atoms with van der Waals surface area (Å²) in [6, 6.07) is 15.8. The van der Waals surface area contributed by atoms with Crippen molar-refractivity contribution in [3.63, 3.8) is 0 Å². The van der Waals surface area contributed by atoms with Gasteiger partial charge in [0, 0.05) is 55.3 Å². The predicted molar refractivity (Wildman–Crippen MR) is 167 cm³/mol. The second-order valence-electron chi connectivity index (χ2n) is 10.9. The molecule has 5 rings (SSSR count). The van der Waals surface area contributed by atoms with Gasteiger partial charge in [-0.05, 0) is 56.2 Å². The van der Waals surface area contributed by atoms with Crippen LogP contribution in [-0.2, 0) is 25.2 Å². The first-order valence-corrected chi connectivity index (χ1v) is 16.1. The van der Waals surface area contributed by atoms with Crippen LogP contribution in [0.15, 0.2) is 65.6 Å². The Hall–Kier alpha value is -3.80. The minimum atomic E-state index is -4.55. The van der Waals surface area contributed by atoms with E-state index in [0.717, 1.165) is 4.31 Å². The summed E-state index contributed by atoms with van der Waals surface area (Å²) in [6.07, 6.45) is 1.49. The molecule has 1 unspecified atom stereocenters. The van der Waals surface area contributed by atoms with E-state index in [-0.39, 0.29) is 34.7 Å². The van der Waals surface area contributed by atoms with E-state index in [1.165, 1.54) is 37.3 Å². The quantitative estimate of drug-likeness (QED) is 0.314. The van der Waals surface area contributed by atoms with Gasteiger partial charge in [-0.2, -0.15) is 0 Å². The predicted octanol–water partition coefficient (Wildman–Crippen LogP) is 4.68. The molecule has 2 aliphatic rings. The average molecular weight is 642 g/mol. The van der Waals surface area contributed by atoms with Gasteiger partial charge >= 0.3 is 0 Å². The van der Waals surface area contributed by atoms with Crippen LogP contribution < -0.4 is 18.5 Å². The molecular weight excluding hydrogens is 606 g/mol. The molecule has 10 nitrogen and oxygen atoms in total. The highest BCUT2D eigenvalue weighted by atomic mass is 35.5. The number of amides is 2. The van der Waals surface area contributed by atoms with Gasteiger partial charge in [0.05, 0.1) is 26.5 Å². The van der Waals surface area contributed by atoms with E-state index in [4.69, 9.17) is 25.8 Å². The number of fused-ring (bicyclic) bond motifs is 1. The fourth-order valence-electron chi connectivity index (χ4n) is 6.28. The Labute approximate surface area is 263 Å². The highest BCUT2D eigenvalue weighted by Gasteiger charge is 2.62. The maximum atomic E-state index is 15.3. The van der Waals surface area contributed by atoms with E-state index in [0.29, 0.717) is 53.6 Å². The maximum Gasteiger partial charge on any atom is 0.274 e. The van der Waals surface area contributed by atoms with Gasteiger partial charge in [-0.25, -0.2) is 12.7 Å². The van der Waals surface area contributed by atoms with Gasteiger partial charge in [0.1, 0.15) is 22.1 Å². The number of benzene rings is 3. The molecule has 0 aliphatic carbocycles. The zero-order valence-corrected chi connectivity index (χ0v) is 26.9. The van der Waals surface area contributed by atoms with Crippen molar-refractivity contribution in [1.82, 2.24) is 9.80 Å². The minimum absolute atomic E-state index is 0.0236. The van der Waals surface area contributed by atoms with Crippen molar-refractivity contribution in [2.24, 2.45) is 0 Å². The van der Waals surface area contributed by atoms with Crippen LogP contribution in [0.1, 0.15) is 37.3 Å². The van der Waals surface area contributed by atoms with Crippen LogP contribution >= 0.6 is 11.6 Å². The standard InChI is InChI=1S/C32H36ClN3O7S/c1-6-43-27-12-8-7-11-24(27)32(35-17-9-10-22(35)19-30(37)34(2)3)25-18-21(33)13-15-26(25)36(31(32)38)44(39,40)29-16-14-23(41-4)20-28(29)42-5/h7-8,11-16,18,20,22H,6,9-10,17,19H2,1-5H3/t22-,32?/m0/s1. The molecule has 12 heteroatoms. The zero-order chi connectivity index (χ0) is 31.8. The Morgan fingerprint density at radius 3 is 2.45 bits per heavy atom. The van der Waals surface area contributed by atoms with E-state index >= 15 is 4.79 Å². The second kappa shape index (κ2) is 12.3. The Kier molecular flexibility index (Phi) is 8.84. The molecule has 2 atom stereocenters. The van der Waals surface area contributed by atoms with E-state index in [9.17, 15) is 13.2 Å². The Morgan fingerprint density at radius 2 is 1.77 bits per heavy atom. The topological polar surface area (TPSA) is 106 Å². The number of para-hydroxylation sites is 1. The highest BCUT2D eigenvalue weighted by molar-refractivity contribution is 7.93. The first-order chi connectivity index (χ1) is 21.0. The smallest absolute Gasteiger partial charge is 0.274 e. The van der Waals surface area contributed by atoms with Crippen molar-refractivity contribution in [2.45, 2.75) is 42.7 Å². The number of ether oxygens (including phenoxy) is 3. The maximum absolute atomic E-state index is 15.3. The Balaban J connectivity index is 1.82. The molecule has 0 aromatic heterocycles. The number of carbonyl (C=O) groups excluding carboxylic acids is 2. The summed E-state index contributed by atoms with van der Waals surface area (Å²) in [7, 11) is 1.64. The molecular formula is C32H36ClN3O7S. The van der Waals surface area contributed by atoms with Crippen LogP contribution in [0.2, 0.25) is 5.02 Å². The number of halogens is 1. The van der Waals surface area contributed by atoms with E-state index in [2.05, 4.69) is 0 Å². The third-order valence-corrected chi connectivity index (χ3v) is 10.2. The average Bonchev–Trinajstić information content (AvgIpc) is 3.56. The monoisotopic (exact) mass is 641 g/mol. The van der Waals surface area contributed by atoms with Gasteiger partial charge in [-0.3, -0.25) is 14.5 Å². The molecule has 1 saturated heterocycles. The lowest BCUT2D eigenvalue weighted by Crippen LogP contribution is -2.57. The summed E-state index contributed by atoms with van der Waals surface area (Å²) in [5, 5.41) is 0.330. The highest BCUT2D eigenvalue weighted by Crippen LogP contribution is 2.55. The van der Waals surface area contributed by atoms with Crippen molar-refractivity contribution in [3.05, 3.63) is 76.8 Å². The summed E-state index contributed by atoms with van der Waals surface area (Å²) in [6.45, 7) is 2.59. The van der Waals surface area contributed by atoms with Crippen LogP contribution in [-0.4, -0.2) is 77.5 Å². The lowest BCUT2D eigenvalue weighted by Gasteiger charge is -2.42. The summed E-state index contributed by atoms with van der Waals surface area (Å²) < 4.78 is 46.8. The summed E-state index contributed by atoms with van der Waals surface area (Å²) in [5.74, 6) is 0.0326. The summed E-state index contributed by atoms with van der Waals surface area (Å²) >= 11 is 6.59. The van der Waals surface area contributed by atoms with Crippen molar-refractivity contribution in [1.29, 1.82) is 0 Å². The number of carbonyl (C=O) groups is 2. The van der Waals surface area contributed by atoms with Crippen LogP contribution in [0.3, 0.4) is 0 Å². The normalized spacial score (nSPS) is 20.0. The van der Waals surface area contributed by atoms with E-state index in [1.807, 2.05) is 11.8 Å². The molecule has 3 aromatic rings. The van der Waals surface area contributed by atoms with Crippen molar-refractivity contribution < 1.29 is 32.2 Å². The first kappa shape index (κ1) is 31.6. The van der Waals surface area contributed by atoms with E-state index < -0.39 is 21.5 Å². The number of rotatable bonds is 10. The number of sulfonamides is 1. The molecule has 2 aliphatic heterocycles. The molecule has 1 fully saturated rings. The number of nitrogens with zero attached hydrogens (tertiary/aromatic N) is 3. The molecule has 0 saturated carbocycles. The summed E-state index contributed by atoms with van der Waals surface area (Å²) in [5.41, 5.74) is -0.651. The first-order valence-electron chi connectivity index (χ1n) is 14.3. The van der Waals surface area contributed by atoms with Gasteiger partial charge in [-0.15, -0.1) is 0 Å². The van der Waals surface area contributed by atoms with Crippen molar-refractivity contribution >= 4 is 39.1 Å². The third kappa shape index (κ3) is 5.06. The fourth-order valence-corrected chi connectivity index (χ4v) is 8.06. The molecule has 2 amide bonds. The van der Waals surface area contributed by atoms with Crippen LogP contribution in [0.5, 0.6) is 17.2 Å². The molecule has 234 valence electrons. The zero-order valence-electron chi connectivity index (χ0n) is 25.4. The van der Waals surface area contributed by atoms with E-state index in [1.54, 1.807) is 56.6 Å². The summed E-state index contributed by atoms with van der Waals surface area (Å²) in [4.78, 5) is 31.6. The number of hydrogen-bond donors (Lipinski definition) is 0. The second-order valence-corrected chi connectivity index (χ2v) is 13.1. The lowest BCUT2D eigenvalue weighted by molar-refractivity contribution is -0.133. The van der Waals surface area contributed by atoms with Crippen LogP contribution in [0.25, 0.3) is 0 Å². The van der Waals surface area contributed by atoms with Gasteiger partial charge in [-0.1, -0.05) is 29.8 Å². The van der Waals surface area contributed by atoms with Crippen LogP contribution in [0.4, 0.5) is 5.69 Å². The molecule has 0 N–H and O–H groups in total. The fraction of sp³-hybridized carbons (Fsp3) is 0.375. The SMILES string of the molecule is CCOc1ccccc1C1(N2CCC[C@H]2CC(=O)N(C)C)C(=O)N(S(=O)(=O)c2ccc(OC)cc2OC)c2ccc(Cl)cc21. The molecule has 0 radical (unpaired) electrons. The Bertz CT molecular complexity index is 1700. The van der Waals surface area contributed by atoms with Crippen LogP contribution in [0, 0.1) is 0 Å².